The quantitative estimate of drug-likeness (QED) is 0.772. The first-order valence-electron chi connectivity index (χ1n) is 6.14. The summed E-state index contributed by atoms with van der Waals surface area (Å²) in [6.07, 6.45) is 5.64. The highest BCUT2D eigenvalue weighted by Gasteiger charge is 2.04. The van der Waals surface area contributed by atoms with Crippen LogP contribution in [0.1, 0.15) is 18.9 Å². The summed E-state index contributed by atoms with van der Waals surface area (Å²) in [6.45, 7) is 4.36. The summed E-state index contributed by atoms with van der Waals surface area (Å²) < 4.78 is 14.9. The zero-order chi connectivity index (χ0) is 12.3. The van der Waals surface area contributed by atoms with Gasteiger partial charge in [-0.3, -0.25) is 0 Å². The minimum Gasteiger partial charge on any atom is -0.321 e. The Morgan fingerprint density at radius 3 is 2.82 bits per heavy atom. The molecule has 0 saturated heterocycles. The lowest BCUT2D eigenvalue weighted by molar-refractivity contribution is 0.339. The maximum absolute atomic E-state index is 13.0. The number of aromatic nitrogens is 1. The number of likely N-dealkylation sites (N-methyl/N-ethyl adjacent to an activating group) is 1. The van der Waals surface area contributed by atoms with Gasteiger partial charge in [0.15, 0.2) is 0 Å². The number of nitrogens with zero attached hydrogens (tertiary/aromatic N) is 2. The molecule has 0 atom stereocenters. The number of hydrogen-bond acceptors (Lipinski definition) is 1. The molecule has 2 aromatic heterocycles. The van der Waals surface area contributed by atoms with Gasteiger partial charge in [0.2, 0.25) is 0 Å². The number of hydrogen-bond donors (Lipinski definition) is 0. The summed E-state index contributed by atoms with van der Waals surface area (Å²) in [5, 5.41) is 0. The Morgan fingerprint density at radius 1 is 1.24 bits per heavy atom. The minimum atomic E-state index is -0.192. The molecule has 0 aliphatic rings. The summed E-state index contributed by atoms with van der Waals surface area (Å²) >= 11 is 0. The molecule has 92 valence electrons. The third-order valence-electron chi connectivity index (χ3n) is 3.07. The van der Waals surface area contributed by atoms with Crippen LogP contribution in [0.4, 0.5) is 4.39 Å². The van der Waals surface area contributed by atoms with Crippen LogP contribution in [0.2, 0.25) is 0 Å². The molecule has 17 heavy (non-hydrogen) atoms. The van der Waals surface area contributed by atoms with Crippen molar-refractivity contribution >= 4 is 5.52 Å². The van der Waals surface area contributed by atoms with Gasteiger partial charge in [0.05, 0.1) is 0 Å². The van der Waals surface area contributed by atoms with Crippen LogP contribution in [0.15, 0.2) is 30.6 Å². The van der Waals surface area contributed by atoms with Gasteiger partial charge < -0.3 is 9.30 Å². The molecule has 0 unspecified atom stereocenters. The molecule has 0 aromatic carbocycles. The number of fused-ring (bicyclic) bond motifs is 1. The second-order valence-electron chi connectivity index (χ2n) is 4.53. The van der Waals surface area contributed by atoms with Gasteiger partial charge in [-0.05, 0) is 50.2 Å². The van der Waals surface area contributed by atoms with E-state index >= 15 is 0 Å². The average molecular weight is 234 g/mol. The number of rotatable bonds is 5. The molecule has 2 nitrogen and oxygen atoms in total. The first-order chi connectivity index (χ1) is 8.20. The third kappa shape index (κ3) is 2.86. The van der Waals surface area contributed by atoms with Crippen molar-refractivity contribution in [1.82, 2.24) is 9.30 Å². The monoisotopic (exact) mass is 234 g/mol. The fourth-order valence-electron chi connectivity index (χ4n) is 2.16. The second-order valence-corrected chi connectivity index (χ2v) is 4.53. The van der Waals surface area contributed by atoms with Crippen LogP contribution in [0.25, 0.3) is 5.52 Å². The van der Waals surface area contributed by atoms with Gasteiger partial charge >= 0.3 is 0 Å². The Kier molecular flexibility index (Phi) is 3.79. The molecule has 0 aliphatic carbocycles. The van der Waals surface area contributed by atoms with Crippen molar-refractivity contribution in [3.8, 4) is 0 Å². The molecule has 0 radical (unpaired) electrons. The van der Waals surface area contributed by atoms with Crippen LogP contribution in [0, 0.1) is 5.82 Å². The van der Waals surface area contributed by atoms with Crippen LogP contribution in [-0.2, 0) is 6.42 Å². The van der Waals surface area contributed by atoms with Crippen molar-refractivity contribution in [2.24, 2.45) is 0 Å². The molecule has 3 heteroatoms. The van der Waals surface area contributed by atoms with E-state index in [9.17, 15) is 4.39 Å². The van der Waals surface area contributed by atoms with Gasteiger partial charge in [0.25, 0.3) is 0 Å². The summed E-state index contributed by atoms with van der Waals surface area (Å²) in [7, 11) is 2.14. The molecule has 0 saturated carbocycles. The zero-order valence-electron chi connectivity index (χ0n) is 10.5. The molecule has 0 amide bonds. The normalized spacial score (nSPS) is 11.5. The predicted octanol–water partition coefficient (Wildman–Crippen LogP) is 2.96. The van der Waals surface area contributed by atoms with E-state index < -0.39 is 0 Å². The van der Waals surface area contributed by atoms with E-state index in [-0.39, 0.29) is 5.82 Å². The van der Waals surface area contributed by atoms with Crippen molar-refractivity contribution in [3.63, 3.8) is 0 Å². The van der Waals surface area contributed by atoms with E-state index in [0.717, 1.165) is 25.0 Å². The van der Waals surface area contributed by atoms with Gasteiger partial charge in [-0.25, -0.2) is 4.39 Å². The maximum atomic E-state index is 13.0. The molecular formula is C14H19FN2. The van der Waals surface area contributed by atoms with Crippen LogP contribution in [-0.4, -0.2) is 29.4 Å². The SMILES string of the molecule is CCCN(C)CCc1ccn2cc(F)ccc12. The Balaban J connectivity index is 2.09. The van der Waals surface area contributed by atoms with Crippen LogP contribution < -0.4 is 0 Å². The predicted molar refractivity (Wildman–Crippen MR) is 68.8 cm³/mol. The standard InChI is InChI=1S/C14H19FN2/c1-3-8-16(2)9-6-12-7-10-17-11-13(15)4-5-14(12)17/h4-5,7,10-11H,3,6,8-9H2,1-2H3. The fraction of sp³-hybridized carbons (Fsp3) is 0.429. The zero-order valence-corrected chi connectivity index (χ0v) is 10.5. The van der Waals surface area contributed by atoms with Crippen molar-refractivity contribution in [3.05, 3.63) is 42.0 Å². The van der Waals surface area contributed by atoms with Crippen molar-refractivity contribution in [2.75, 3.05) is 20.1 Å². The first-order valence-corrected chi connectivity index (χ1v) is 6.14. The maximum Gasteiger partial charge on any atom is 0.139 e. The van der Waals surface area contributed by atoms with Gasteiger partial charge in [0.1, 0.15) is 5.82 Å². The smallest absolute Gasteiger partial charge is 0.139 e. The summed E-state index contributed by atoms with van der Waals surface area (Å²) in [6, 6.07) is 5.45. The Labute approximate surface area is 102 Å². The van der Waals surface area contributed by atoms with Crippen LogP contribution >= 0.6 is 0 Å². The van der Waals surface area contributed by atoms with E-state index in [4.69, 9.17) is 0 Å². The van der Waals surface area contributed by atoms with Gasteiger partial charge in [-0.1, -0.05) is 6.92 Å². The number of pyridine rings is 1. The van der Waals surface area contributed by atoms with Gasteiger partial charge in [-0.2, -0.15) is 0 Å². The Morgan fingerprint density at radius 2 is 2.06 bits per heavy atom. The van der Waals surface area contributed by atoms with Crippen molar-refractivity contribution in [2.45, 2.75) is 19.8 Å². The molecule has 2 rings (SSSR count). The lowest BCUT2D eigenvalue weighted by Crippen LogP contribution is -2.21. The van der Waals surface area contributed by atoms with E-state index in [0.29, 0.717) is 0 Å². The highest BCUT2D eigenvalue weighted by Crippen LogP contribution is 2.14. The molecule has 0 bridgehead atoms. The van der Waals surface area contributed by atoms with Crippen molar-refractivity contribution in [1.29, 1.82) is 0 Å². The minimum absolute atomic E-state index is 0.192. The average Bonchev–Trinajstić information content (AvgIpc) is 2.69. The first kappa shape index (κ1) is 12.1. The Bertz CT molecular complexity index is 490. The fourth-order valence-corrected chi connectivity index (χ4v) is 2.16. The highest BCUT2D eigenvalue weighted by atomic mass is 19.1. The van der Waals surface area contributed by atoms with Gasteiger partial charge in [0, 0.05) is 24.5 Å². The summed E-state index contributed by atoms with van der Waals surface area (Å²) in [5.41, 5.74) is 2.39. The summed E-state index contributed by atoms with van der Waals surface area (Å²) in [5.74, 6) is -0.192. The molecule has 0 aliphatic heterocycles. The molecule has 2 heterocycles. The summed E-state index contributed by atoms with van der Waals surface area (Å²) in [4.78, 5) is 2.33. The van der Waals surface area contributed by atoms with E-state index in [2.05, 4.69) is 24.9 Å². The Hall–Kier alpha value is -1.35. The largest absolute Gasteiger partial charge is 0.321 e. The lowest BCUT2D eigenvalue weighted by Gasteiger charge is -2.14. The molecule has 0 spiro atoms. The topological polar surface area (TPSA) is 7.65 Å². The van der Waals surface area contributed by atoms with E-state index in [1.54, 1.807) is 0 Å². The molecule has 0 N–H and O–H groups in total. The molecular weight excluding hydrogens is 215 g/mol. The van der Waals surface area contributed by atoms with Crippen molar-refractivity contribution < 1.29 is 4.39 Å². The number of halogens is 1. The van der Waals surface area contributed by atoms with Crippen LogP contribution in [0.3, 0.4) is 0 Å². The lowest BCUT2D eigenvalue weighted by atomic mass is 10.2. The molecule has 0 fully saturated rings. The van der Waals surface area contributed by atoms with E-state index in [1.165, 1.54) is 24.2 Å². The second kappa shape index (κ2) is 5.32. The van der Waals surface area contributed by atoms with E-state index in [1.807, 2.05) is 16.7 Å². The van der Waals surface area contributed by atoms with Gasteiger partial charge in [-0.15, -0.1) is 0 Å². The molecule has 2 aromatic rings. The van der Waals surface area contributed by atoms with Crippen LogP contribution in [0.5, 0.6) is 0 Å². The third-order valence-corrected chi connectivity index (χ3v) is 3.07. The highest BCUT2D eigenvalue weighted by molar-refractivity contribution is 5.55.